The zero-order valence-electron chi connectivity index (χ0n) is 16.9. The van der Waals surface area contributed by atoms with Gasteiger partial charge in [-0.05, 0) is 51.0 Å². The number of nitrogens with zero attached hydrogens (tertiary/aromatic N) is 4. The number of aryl methyl sites for hydroxylation is 2. The number of nitrogens with one attached hydrogen (secondary N) is 2. The molecule has 8 nitrogen and oxygen atoms in total. The van der Waals surface area contributed by atoms with Crippen LogP contribution in [0.1, 0.15) is 24.2 Å². The lowest BCUT2D eigenvalue weighted by molar-refractivity contribution is -0.121. The summed E-state index contributed by atoms with van der Waals surface area (Å²) < 4.78 is 7.57. The Balaban J connectivity index is 1.29. The Kier molecular flexibility index (Phi) is 6.26. The van der Waals surface area contributed by atoms with Crippen LogP contribution in [0, 0.1) is 23.7 Å². The highest BCUT2D eigenvalue weighted by Gasteiger charge is 2.26. The van der Waals surface area contributed by atoms with E-state index in [1.807, 2.05) is 16.8 Å². The van der Waals surface area contributed by atoms with Gasteiger partial charge in [-0.2, -0.15) is 0 Å². The minimum atomic E-state index is -0.0274. The molecule has 0 saturated carbocycles. The summed E-state index contributed by atoms with van der Waals surface area (Å²) in [6.07, 6.45) is 1.57. The molecule has 3 heterocycles. The smallest absolute Gasteiger partial charge is 0.228 e. The molecule has 1 aromatic carbocycles. The quantitative estimate of drug-likeness (QED) is 0.547. The van der Waals surface area contributed by atoms with Crippen molar-refractivity contribution in [3.63, 3.8) is 0 Å². The van der Waals surface area contributed by atoms with Crippen LogP contribution in [0.2, 0.25) is 0 Å². The van der Waals surface area contributed by atoms with Crippen molar-refractivity contribution in [2.75, 3.05) is 23.7 Å². The molecule has 0 unspecified atom stereocenters. The molecule has 2 aromatic heterocycles. The third-order valence-corrected chi connectivity index (χ3v) is 6.30. The van der Waals surface area contributed by atoms with Gasteiger partial charge in [0.15, 0.2) is 9.77 Å². The van der Waals surface area contributed by atoms with Crippen LogP contribution in [0.5, 0.6) is 0 Å². The average molecular weight is 445 g/mol. The third kappa shape index (κ3) is 5.13. The molecule has 1 fully saturated rings. The summed E-state index contributed by atoms with van der Waals surface area (Å²) in [6.45, 7) is 6.12. The first-order valence-electron chi connectivity index (χ1n) is 9.84. The van der Waals surface area contributed by atoms with Crippen molar-refractivity contribution < 1.29 is 9.32 Å². The fourth-order valence-corrected chi connectivity index (χ4v) is 4.40. The molecule has 1 aliphatic heterocycles. The third-order valence-electron chi connectivity index (χ3n) is 5.08. The van der Waals surface area contributed by atoms with Crippen molar-refractivity contribution in [2.24, 2.45) is 5.92 Å². The van der Waals surface area contributed by atoms with E-state index in [1.54, 1.807) is 13.0 Å². The van der Waals surface area contributed by atoms with Crippen molar-refractivity contribution in [2.45, 2.75) is 33.4 Å². The Bertz CT molecular complexity index is 1060. The zero-order valence-corrected chi connectivity index (χ0v) is 18.6. The molecule has 0 radical (unpaired) electrons. The summed E-state index contributed by atoms with van der Waals surface area (Å²) in [5.74, 6) is 1.12. The van der Waals surface area contributed by atoms with Crippen molar-refractivity contribution in [1.29, 1.82) is 0 Å². The van der Waals surface area contributed by atoms with Gasteiger partial charge < -0.3 is 15.2 Å². The minimum absolute atomic E-state index is 0.00203. The van der Waals surface area contributed by atoms with Crippen molar-refractivity contribution in [3.8, 4) is 0 Å². The van der Waals surface area contributed by atoms with Crippen LogP contribution in [0.15, 0.2) is 34.9 Å². The van der Waals surface area contributed by atoms with E-state index in [9.17, 15) is 4.79 Å². The highest BCUT2D eigenvalue weighted by Crippen LogP contribution is 2.23. The first-order chi connectivity index (χ1) is 14.5. The maximum absolute atomic E-state index is 12.4. The lowest BCUT2D eigenvalue weighted by atomic mass is 9.96. The van der Waals surface area contributed by atoms with Gasteiger partial charge in [0.1, 0.15) is 5.76 Å². The lowest BCUT2D eigenvalue weighted by Gasteiger charge is -2.30. The van der Waals surface area contributed by atoms with E-state index >= 15 is 0 Å². The van der Waals surface area contributed by atoms with E-state index in [1.165, 1.54) is 16.9 Å². The Morgan fingerprint density at radius 2 is 2.00 bits per heavy atom. The molecule has 1 aliphatic rings. The van der Waals surface area contributed by atoms with Gasteiger partial charge in [0.2, 0.25) is 11.0 Å². The van der Waals surface area contributed by atoms with Crippen molar-refractivity contribution in [1.82, 2.24) is 19.8 Å². The van der Waals surface area contributed by atoms with Gasteiger partial charge in [0, 0.05) is 30.8 Å². The van der Waals surface area contributed by atoms with Gasteiger partial charge in [-0.25, -0.2) is 4.68 Å². The van der Waals surface area contributed by atoms with E-state index in [0.717, 1.165) is 40.7 Å². The normalized spacial score (nSPS) is 15.3. The largest absolute Gasteiger partial charge is 0.360 e. The van der Waals surface area contributed by atoms with E-state index < -0.39 is 0 Å². The molecule has 30 heavy (non-hydrogen) atoms. The Hall–Kier alpha value is -2.56. The molecule has 4 rings (SSSR count). The standard InChI is InChI=1S/C20H24N6O2S2/c1-13-3-5-16(6-4-13)21-19-23-26(20(29)30-19)12-25-9-7-15(8-10-25)18(27)22-17-11-14(2)28-24-17/h3-6,11,15H,7-10,12H2,1-2H3,(H,21,23)(H,22,24,27). The first-order valence-corrected chi connectivity index (χ1v) is 11.1. The number of amides is 1. The number of carbonyl (C=O) groups is 1. The topological polar surface area (TPSA) is 88.2 Å². The fraction of sp³-hybridized carbons (Fsp3) is 0.400. The highest BCUT2D eigenvalue weighted by atomic mass is 32.1. The van der Waals surface area contributed by atoms with Crippen LogP contribution in [0.25, 0.3) is 0 Å². The maximum atomic E-state index is 12.4. The monoisotopic (exact) mass is 444 g/mol. The molecule has 0 aliphatic carbocycles. The second kappa shape index (κ2) is 9.07. The molecule has 1 saturated heterocycles. The first kappa shape index (κ1) is 20.7. The summed E-state index contributed by atoms with van der Waals surface area (Å²) in [7, 11) is 0. The van der Waals surface area contributed by atoms with Gasteiger partial charge in [0.05, 0.1) is 6.67 Å². The van der Waals surface area contributed by atoms with Crippen LogP contribution in [-0.2, 0) is 11.5 Å². The number of benzene rings is 1. The minimum Gasteiger partial charge on any atom is -0.360 e. The predicted octanol–water partition coefficient (Wildman–Crippen LogP) is 4.33. The second-order valence-electron chi connectivity index (χ2n) is 7.51. The molecule has 0 atom stereocenters. The number of rotatable bonds is 6. The second-order valence-corrected chi connectivity index (χ2v) is 9.13. The maximum Gasteiger partial charge on any atom is 0.228 e. The van der Waals surface area contributed by atoms with Gasteiger partial charge in [-0.1, -0.05) is 34.2 Å². The lowest BCUT2D eigenvalue weighted by Crippen LogP contribution is -2.39. The number of likely N-dealkylation sites (tertiary alicyclic amines) is 1. The summed E-state index contributed by atoms with van der Waals surface area (Å²) in [5, 5.41) is 15.4. The van der Waals surface area contributed by atoms with Crippen molar-refractivity contribution in [3.05, 3.63) is 45.6 Å². The Morgan fingerprint density at radius 3 is 2.67 bits per heavy atom. The van der Waals surface area contributed by atoms with Gasteiger partial charge in [-0.15, -0.1) is 5.10 Å². The van der Waals surface area contributed by atoms with Gasteiger partial charge in [0.25, 0.3) is 0 Å². The molecule has 158 valence electrons. The van der Waals surface area contributed by atoms with Crippen LogP contribution in [0.3, 0.4) is 0 Å². The van der Waals surface area contributed by atoms with E-state index in [2.05, 4.69) is 44.8 Å². The van der Waals surface area contributed by atoms with Crippen LogP contribution < -0.4 is 10.6 Å². The SMILES string of the molecule is Cc1ccc(Nc2nn(CN3CCC(C(=O)Nc4cc(C)on4)CC3)c(=S)s2)cc1. The summed E-state index contributed by atoms with van der Waals surface area (Å²) in [6, 6.07) is 9.89. The van der Waals surface area contributed by atoms with E-state index in [0.29, 0.717) is 18.2 Å². The average Bonchev–Trinajstić information content (AvgIpc) is 3.29. The number of hydrogen-bond acceptors (Lipinski definition) is 8. The van der Waals surface area contributed by atoms with Gasteiger partial charge >= 0.3 is 0 Å². The number of aromatic nitrogens is 3. The molecule has 2 N–H and O–H groups in total. The predicted molar refractivity (Wildman–Crippen MR) is 120 cm³/mol. The molecule has 3 aromatic rings. The fourth-order valence-electron chi connectivity index (χ4n) is 3.39. The molecular formula is C20H24N6O2S2. The summed E-state index contributed by atoms with van der Waals surface area (Å²) in [5.41, 5.74) is 2.21. The Labute approximate surface area is 183 Å². The zero-order chi connectivity index (χ0) is 21.1. The molecule has 0 bridgehead atoms. The molecule has 10 heteroatoms. The van der Waals surface area contributed by atoms with E-state index in [-0.39, 0.29) is 11.8 Å². The van der Waals surface area contributed by atoms with Gasteiger partial charge in [-0.3, -0.25) is 9.69 Å². The summed E-state index contributed by atoms with van der Waals surface area (Å²) in [4.78, 5) is 14.7. The highest BCUT2D eigenvalue weighted by molar-refractivity contribution is 7.73. The molecule has 0 spiro atoms. The van der Waals surface area contributed by atoms with Crippen LogP contribution in [0.4, 0.5) is 16.6 Å². The number of piperidine rings is 1. The van der Waals surface area contributed by atoms with Crippen molar-refractivity contribution >= 4 is 46.1 Å². The number of carbonyl (C=O) groups excluding carboxylic acids is 1. The number of anilines is 3. The molecular weight excluding hydrogens is 420 g/mol. The molecule has 1 amide bonds. The number of hydrogen-bond donors (Lipinski definition) is 2. The summed E-state index contributed by atoms with van der Waals surface area (Å²) >= 11 is 6.95. The van der Waals surface area contributed by atoms with Crippen LogP contribution in [-0.4, -0.2) is 38.8 Å². The van der Waals surface area contributed by atoms with E-state index in [4.69, 9.17) is 16.7 Å². The van der Waals surface area contributed by atoms with Crippen LogP contribution >= 0.6 is 23.6 Å². The Morgan fingerprint density at radius 1 is 1.27 bits per heavy atom.